The van der Waals surface area contributed by atoms with Gasteiger partial charge in [0.1, 0.15) is 0 Å². The summed E-state index contributed by atoms with van der Waals surface area (Å²) in [6, 6.07) is 3.68. The molecule has 0 atom stereocenters. The Kier molecular flexibility index (Phi) is 4.54. The lowest BCUT2D eigenvalue weighted by atomic mass is 10.2. The van der Waals surface area contributed by atoms with Crippen LogP contribution in [-0.4, -0.2) is 19.3 Å². The number of nitrogens with one attached hydrogen (secondary N) is 1. The van der Waals surface area contributed by atoms with Crippen LogP contribution in [0.2, 0.25) is 0 Å². The first kappa shape index (κ1) is 14.7. The molecule has 0 amide bonds. The first-order valence-corrected chi connectivity index (χ1v) is 7.30. The molecule has 108 valence electrons. The molecule has 1 N–H and O–H groups in total. The lowest BCUT2D eigenvalue weighted by Crippen LogP contribution is -2.24. The second kappa shape index (κ2) is 6.17. The molecule has 2 aromatic heterocycles. The summed E-state index contributed by atoms with van der Waals surface area (Å²) in [5.74, 6) is 1.04. The molecule has 0 aliphatic rings. The van der Waals surface area contributed by atoms with Gasteiger partial charge in [-0.15, -0.1) is 0 Å². The highest BCUT2D eigenvalue weighted by atomic mass is 32.1. The van der Waals surface area contributed by atoms with E-state index in [9.17, 15) is 4.79 Å². The molecular weight excluding hydrogens is 272 g/mol. The van der Waals surface area contributed by atoms with Crippen LogP contribution in [0, 0.1) is 10.7 Å². The first-order chi connectivity index (χ1) is 9.54. The van der Waals surface area contributed by atoms with E-state index in [1.165, 1.54) is 0 Å². The van der Waals surface area contributed by atoms with Crippen LogP contribution < -0.4 is 5.56 Å². The van der Waals surface area contributed by atoms with Gasteiger partial charge in [0.2, 0.25) is 0 Å². The van der Waals surface area contributed by atoms with Crippen LogP contribution in [0.3, 0.4) is 0 Å². The maximum atomic E-state index is 12.5. The largest absolute Gasteiger partial charge is 0.315 e. The van der Waals surface area contributed by atoms with Crippen LogP contribution in [0.5, 0.6) is 0 Å². The van der Waals surface area contributed by atoms with Crippen LogP contribution in [0.25, 0.3) is 11.4 Å². The molecule has 2 heterocycles. The quantitative estimate of drug-likeness (QED) is 0.862. The van der Waals surface area contributed by atoms with Crippen molar-refractivity contribution in [3.05, 3.63) is 33.5 Å². The lowest BCUT2D eigenvalue weighted by Gasteiger charge is -2.10. The summed E-state index contributed by atoms with van der Waals surface area (Å²) < 4.78 is 4.17. The number of pyridine rings is 1. The zero-order chi connectivity index (χ0) is 14.7. The minimum atomic E-state index is -0.0208. The van der Waals surface area contributed by atoms with E-state index in [-0.39, 0.29) is 5.56 Å². The molecule has 2 rings (SSSR count). The Morgan fingerprint density at radius 1 is 1.45 bits per heavy atom. The summed E-state index contributed by atoms with van der Waals surface area (Å²) in [5.41, 5.74) is 0.571. The number of aromatic nitrogens is 4. The van der Waals surface area contributed by atoms with Gasteiger partial charge in [-0.1, -0.05) is 20.8 Å². The second-order valence-electron chi connectivity index (χ2n) is 5.28. The molecule has 5 nitrogen and oxygen atoms in total. The molecule has 0 unspecified atom stereocenters. The SMILES string of the molecule is CCCn1c(-c2cccn(CC(C)C)c2=O)n[nH]c1=S. The first-order valence-electron chi connectivity index (χ1n) is 6.89. The Labute approximate surface area is 123 Å². The third-order valence-corrected chi connectivity index (χ3v) is 3.34. The summed E-state index contributed by atoms with van der Waals surface area (Å²) in [6.45, 7) is 7.70. The average molecular weight is 292 g/mol. The van der Waals surface area contributed by atoms with Crippen molar-refractivity contribution < 1.29 is 0 Å². The van der Waals surface area contributed by atoms with Gasteiger partial charge in [-0.2, -0.15) is 5.10 Å². The highest BCUT2D eigenvalue weighted by molar-refractivity contribution is 7.71. The van der Waals surface area contributed by atoms with E-state index in [2.05, 4.69) is 31.0 Å². The van der Waals surface area contributed by atoms with Crippen LogP contribution in [0.4, 0.5) is 0 Å². The normalized spacial score (nSPS) is 11.2. The third kappa shape index (κ3) is 2.90. The van der Waals surface area contributed by atoms with Gasteiger partial charge in [0, 0.05) is 19.3 Å². The van der Waals surface area contributed by atoms with Crippen LogP contribution in [-0.2, 0) is 13.1 Å². The fourth-order valence-electron chi connectivity index (χ4n) is 2.20. The van der Waals surface area contributed by atoms with Gasteiger partial charge in [-0.3, -0.25) is 9.89 Å². The van der Waals surface area contributed by atoms with Crippen molar-refractivity contribution in [2.75, 3.05) is 0 Å². The zero-order valence-electron chi connectivity index (χ0n) is 12.1. The molecule has 6 heteroatoms. The maximum Gasteiger partial charge on any atom is 0.261 e. The van der Waals surface area contributed by atoms with Gasteiger partial charge in [-0.25, -0.2) is 0 Å². The van der Waals surface area contributed by atoms with E-state index >= 15 is 0 Å². The molecular formula is C14H20N4OS. The summed E-state index contributed by atoms with van der Waals surface area (Å²) in [6.07, 6.45) is 2.76. The van der Waals surface area contributed by atoms with E-state index in [1.54, 1.807) is 10.6 Å². The van der Waals surface area contributed by atoms with E-state index in [4.69, 9.17) is 12.2 Å². The Morgan fingerprint density at radius 3 is 2.85 bits per heavy atom. The van der Waals surface area contributed by atoms with Gasteiger partial charge >= 0.3 is 0 Å². The molecule has 0 bridgehead atoms. The zero-order valence-corrected chi connectivity index (χ0v) is 12.9. The number of hydrogen-bond acceptors (Lipinski definition) is 3. The third-order valence-electron chi connectivity index (χ3n) is 3.03. The molecule has 20 heavy (non-hydrogen) atoms. The number of rotatable bonds is 5. The average Bonchev–Trinajstić information content (AvgIpc) is 2.74. The van der Waals surface area contributed by atoms with Crippen molar-refractivity contribution in [3.8, 4) is 11.4 Å². The Morgan fingerprint density at radius 2 is 2.20 bits per heavy atom. The van der Waals surface area contributed by atoms with Crippen molar-refractivity contribution in [2.45, 2.75) is 40.3 Å². The Hall–Kier alpha value is -1.69. The van der Waals surface area contributed by atoms with E-state index in [1.807, 2.05) is 16.8 Å². The van der Waals surface area contributed by atoms with Crippen LogP contribution in [0.15, 0.2) is 23.1 Å². The molecule has 0 radical (unpaired) electrons. The molecule has 0 saturated heterocycles. The van der Waals surface area contributed by atoms with Crippen LogP contribution >= 0.6 is 12.2 Å². The van der Waals surface area contributed by atoms with E-state index in [0.29, 0.717) is 28.6 Å². The van der Waals surface area contributed by atoms with Crippen molar-refractivity contribution >= 4 is 12.2 Å². The summed E-state index contributed by atoms with van der Waals surface area (Å²) in [5, 5.41) is 6.99. The fourth-order valence-corrected chi connectivity index (χ4v) is 2.42. The molecule has 0 fully saturated rings. The number of hydrogen-bond donors (Lipinski definition) is 1. The minimum Gasteiger partial charge on any atom is -0.315 e. The Bertz CT molecular complexity index is 696. The molecule has 0 aliphatic carbocycles. The number of H-pyrrole nitrogens is 1. The van der Waals surface area contributed by atoms with Gasteiger partial charge in [0.05, 0.1) is 5.56 Å². The highest BCUT2D eigenvalue weighted by Gasteiger charge is 2.13. The molecule has 0 spiro atoms. The predicted octanol–water partition coefficient (Wildman–Crippen LogP) is 2.84. The molecule has 0 aliphatic heterocycles. The van der Waals surface area contributed by atoms with Crippen molar-refractivity contribution in [3.63, 3.8) is 0 Å². The van der Waals surface area contributed by atoms with Crippen LogP contribution in [0.1, 0.15) is 27.2 Å². The number of nitrogens with zero attached hydrogens (tertiary/aromatic N) is 3. The summed E-state index contributed by atoms with van der Waals surface area (Å²) >= 11 is 5.22. The van der Waals surface area contributed by atoms with E-state index in [0.717, 1.165) is 13.0 Å². The van der Waals surface area contributed by atoms with Gasteiger partial charge in [-0.05, 0) is 36.7 Å². The summed E-state index contributed by atoms with van der Waals surface area (Å²) in [7, 11) is 0. The smallest absolute Gasteiger partial charge is 0.261 e. The monoisotopic (exact) mass is 292 g/mol. The van der Waals surface area contributed by atoms with Gasteiger partial charge < -0.3 is 9.13 Å². The van der Waals surface area contributed by atoms with E-state index < -0.39 is 0 Å². The minimum absolute atomic E-state index is 0.0208. The van der Waals surface area contributed by atoms with Gasteiger partial charge in [0.25, 0.3) is 5.56 Å². The highest BCUT2D eigenvalue weighted by Crippen LogP contribution is 2.13. The van der Waals surface area contributed by atoms with Crippen molar-refractivity contribution in [1.29, 1.82) is 0 Å². The van der Waals surface area contributed by atoms with Crippen molar-refractivity contribution in [2.24, 2.45) is 5.92 Å². The topological polar surface area (TPSA) is 55.6 Å². The maximum absolute atomic E-state index is 12.5. The fraction of sp³-hybridized carbons (Fsp3) is 0.500. The predicted molar refractivity (Wildman–Crippen MR) is 82.2 cm³/mol. The number of aromatic amines is 1. The van der Waals surface area contributed by atoms with Crippen molar-refractivity contribution in [1.82, 2.24) is 19.3 Å². The molecule has 0 saturated carbocycles. The van der Waals surface area contributed by atoms with Gasteiger partial charge in [0.15, 0.2) is 10.6 Å². The summed E-state index contributed by atoms with van der Waals surface area (Å²) in [4.78, 5) is 12.5. The second-order valence-corrected chi connectivity index (χ2v) is 5.66. The standard InChI is InChI=1S/C14H20N4OS/c1-4-7-18-12(15-16-14(18)20)11-6-5-8-17(13(11)19)9-10(2)3/h5-6,8,10H,4,7,9H2,1-3H3,(H,16,20). The molecule has 2 aromatic rings. The molecule has 0 aromatic carbocycles. The lowest BCUT2D eigenvalue weighted by molar-refractivity contribution is 0.511. The Balaban J connectivity index is 2.54.